The summed E-state index contributed by atoms with van der Waals surface area (Å²) < 4.78 is 17.4. The molecule has 3 heterocycles. The molecule has 0 unspecified atom stereocenters. The third-order valence-electron chi connectivity index (χ3n) is 5.84. The molecule has 2 aliphatic heterocycles. The Labute approximate surface area is 187 Å². The van der Waals surface area contributed by atoms with Gasteiger partial charge in [-0.25, -0.2) is 0 Å². The molecule has 8 heteroatoms. The maximum Gasteiger partial charge on any atom is 0.246 e. The van der Waals surface area contributed by atoms with Crippen LogP contribution in [0.5, 0.6) is 0 Å². The van der Waals surface area contributed by atoms with Crippen LogP contribution in [0.15, 0.2) is 34.7 Å². The molecule has 4 rings (SSSR count). The number of fused-ring (bicyclic) bond motifs is 1. The molecule has 2 aliphatic rings. The fourth-order valence-corrected chi connectivity index (χ4v) is 5.60. The summed E-state index contributed by atoms with van der Waals surface area (Å²) in [6.07, 6.45) is 1.24. The number of likely N-dealkylation sites (tertiary alicyclic amines) is 1. The van der Waals surface area contributed by atoms with Crippen LogP contribution < -0.4 is 0 Å². The van der Waals surface area contributed by atoms with Gasteiger partial charge in [0, 0.05) is 30.9 Å². The van der Waals surface area contributed by atoms with E-state index < -0.39 is 12.3 Å². The van der Waals surface area contributed by atoms with Gasteiger partial charge in [-0.1, -0.05) is 18.2 Å². The summed E-state index contributed by atoms with van der Waals surface area (Å²) in [5, 5.41) is 0.981. The third kappa shape index (κ3) is 4.76. The van der Waals surface area contributed by atoms with Gasteiger partial charge in [-0.15, -0.1) is 11.8 Å². The molecule has 31 heavy (non-hydrogen) atoms. The van der Waals surface area contributed by atoms with E-state index in [2.05, 4.69) is 0 Å². The molecule has 1 aromatic heterocycles. The lowest BCUT2D eigenvalue weighted by Gasteiger charge is -2.34. The first-order valence-corrected chi connectivity index (χ1v) is 12.2. The van der Waals surface area contributed by atoms with Gasteiger partial charge >= 0.3 is 0 Å². The van der Waals surface area contributed by atoms with Crippen molar-refractivity contribution in [2.24, 2.45) is 0 Å². The Balaban J connectivity index is 1.45. The van der Waals surface area contributed by atoms with E-state index in [1.165, 1.54) is 0 Å². The quantitative estimate of drug-likeness (QED) is 0.580. The number of rotatable bonds is 8. The van der Waals surface area contributed by atoms with Gasteiger partial charge in [0.25, 0.3) is 0 Å². The normalized spacial score (nSPS) is 21.5. The van der Waals surface area contributed by atoms with Crippen molar-refractivity contribution in [2.75, 3.05) is 31.4 Å². The third-order valence-corrected chi connectivity index (χ3v) is 6.88. The van der Waals surface area contributed by atoms with Crippen LogP contribution >= 0.6 is 11.8 Å². The van der Waals surface area contributed by atoms with E-state index in [-0.39, 0.29) is 24.3 Å². The van der Waals surface area contributed by atoms with Crippen molar-refractivity contribution < 1.29 is 23.5 Å². The molecule has 0 radical (unpaired) electrons. The van der Waals surface area contributed by atoms with Crippen molar-refractivity contribution >= 4 is 34.5 Å². The van der Waals surface area contributed by atoms with Gasteiger partial charge in [-0.3, -0.25) is 9.59 Å². The Kier molecular flexibility index (Phi) is 7.20. The summed E-state index contributed by atoms with van der Waals surface area (Å²) >= 11 is 1.70. The monoisotopic (exact) mass is 446 g/mol. The fourth-order valence-electron chi connectivity index (χ4n) is 4.40. The van der Waals surface area contributed by atoms with Gasteiger partial charge in [0.2, 0.25) is 11.8 Å². The molecule has 0 bridgehead atoms. The first-order chi connectivity index (χ1) is 15.1. The summed E-state index contributed by atoms with van der Waals surface area (Å²) in [6.45, 7) is 5.51. The van der Waals surface area contributed by atoms with Crippen LogP contribution in [0.3, 0.4) is 0 Å². The van der Waals surface area contributed by atoms with Crippen molar-refractivity contribution in [1.82, 2.24) is 9.80 Å². The summed E-state index contributed by atoms with van der Waals surface area (Å²) in [4.78, 5) is 30.1. The molecular weight excluding hydrogens is 416 g/mol. The SMILES string of the molecule is CCOC(OCC)[C@@H]1CSCN1C(=O)[C@@H]1CCCN1C(=O)Cc1cc2ccccc2o1. The zero-order valence-electron chi connectivity index (χ0n) is 18.1. The van der Waals surface area contributed by atoms with Gasteiger partial charge in [0.05, 0.1) is 18.3 Å². The van der Waals surface area contributed by atoms with E-state index in [0.29, 0.717) is 37.8 Å². The Hall–Kier alpha value is -2.03. The minimum absolute atomic E-state index is 0.00476. The van der Waals surface area contributed by atoms with Crippen LogP contribution in [-0.4, -0.2) is 71.4 Å². The molecular formula is C23H30N2O5S. The lowest BCUT2D eigenvalue weighted by atomic mass is 10.1. The van der Waals surface area contributed by atoms with Crippen molar-refractivity contribution in [3.63, 3.8) is 0 Å². The summed E-state index contributed by atoms with van der Waals surface area (Å²) in [7, 11) is 0. The Bertz CT molecular complexity index is 877. The second-order valence-electron chi connectivity index (χ2n) is 7.83. The number of thioether (sulfide) groups is 1. The van der Waals surface area contributed by atoms with E-state index in [0.717, 1.165) is 23.1 Å². The Morgan fingerprint density at radius 3 is 2.71 bits per heavy atom. The highest BCUT2D eigenvalue weighted by atomic mass is 32.2. The summed E-state index contributed by atoms with van der Waals surface area (Å²) in [6, 6.07) is 9.06. The predicted octanol–water partition coefficient (Wildman–Crippen LogP) is 3.27. The molecule has 7 nitrogen and oxygen atoms in total. The van der Waals surface area contributed by atoms with Gasteiger partial charge in [0.1, 0.15) is 17.4 Å². The highest BCUT2D eigenvalue weighted by Crippen LogP contribution is 2.30. The van der Waals surface area contributed by atoms with Gasteiger partial charge in [-0.05, 0) is 38.8 Å². The number of hydrogen-bond donors (Lipinski definition) is 0. The Morgan fingerprint density at radius 1 is 1.19 bits per heavy atom. The zero-order valence-corrected chi connectivity index (χ0v) is 18.9. The van der Waals surface area contributed by atoms with Crippen LogP contribution in [-0.2, 0) is 25.5 Å². The molecule has 0 saturated carbocycles. The standard InChI is InChI=1S/C23H30N2O5S/c1-3-28-23(29-4-2)19-14-31-15-25(19)22(27)18-9-7-11-24(18)21(26)13-17-12-16-8-5-6-10-20(16)30-17/h5-6,8,10,12,18-19,23H,3-4,7,9,11,13-15H2,1-2H3/t18-,19-/m0/s1. The first kappa shape index (κ1) is 22.2. The van der Waals surface area contributed by atoms with E-state index >= 15 is 0 Å². The average molecular weight is 447 g/mol. The van der Waals surface area contributed by atoms with Crippen LogP contribution in [0.1, 0.15) is 32.4 Å². The van der Waals surface area contributed by atoms with Crippen molar-refractivity contribution in [1.29, 1.82) is 0 Å². The molecule has 0 aliphatic carbocycles. The number of para-hydroxylation sites is 1. The lowest BCUT2D eigenvalue weighted by molar-refractivity contribution is -0.175. The number of furan rings is 1. The summed E-state index contributed by atoms with van der Waals surface area (Å²) in [5.74, 6) is 1.93. The van der Waals surface area contributed by atoms with Gasteiger partial charge in [0.15, 0.2) is 6.29 Å². The van der Waals surface area contributed by atoms with Crippen LogP contribution in [0.2, 0.25) is 0 Å². The molecule has 168 valence electrons. The number of ether oxygens (including phenoxy) is 2. The molecule has 2 atom stereocenters. The number of carbonyl (C=O) groups is 2. The minimum atomic E-state index is -0.435. The number of amides is 2. The highest BCUT2D eigenvalue weighted by molar-refractivity contribution is 7.99. The number of nitrogens with zero attached hydrogens (tertiary/aromatic N) is 2. The topological polar surface area (TPSA) is 72.2 Å². The largest absolute Gasteiger partial charge is 0.461 e. The molecule has 0 N–H and O–H groups in total. The second-order valence-corrected chi connectivity index (χ2v) is 8.83. The average Bonchev–Trinajstić information content (AvgIpc) is 3.51. The molecule has 1 aromatic carbocycles. The molecule has 2 aromatic rings. The van der Waals surface area contributed by atoms with Crippen molar-refractivity contribution in [3.05, 3.63) is 36.1 Å². The van der Waals surface area contributed by atoms with E-state index in [1.807, 2.05) is 49.1 Å². The first-order valence-electron chi connectivity index (χ1n) is 11.0. The zero-order chi connectivity index (χ0) is 21.8. The Morgan fingerprint density at radius 2 is 1.97 bits per heavy atom. The number of benzene rings is 1. The second kappa shape index (κ2) is 10.1. The fraction of sp³-hybridized carbons (Fsp3) is 0.565. The van der Waals surface area contributed by atoms with E-state index in [9.17, 15) is 9.59 Å². The maximum absolute atomic E-state index is 13.5. The van der Waals surface area contributed by atoms with Crippen LogP contribution in [0.25, 0.3) is 11.0 Å². The predicted molar refractivity (Wildman–Crippen MR) is 120 cm³/mol. The minimum Gasteiger partial charge on any atom is -0.461 e. The maximum atomic E-state index is 13.5. The summed E-state index contributed by atoms with van der Waals surface area (Å²) in [5.41, 5.74) is 0.772. The highest BCUT2D eigenvalue weighted by Gasteiger charge is 2.43. The number of carbonyl (C=O) groups excluding carboxylic acids is 2. The van der Waals surface area contributed by atoms with Crippen LogP contribution in [0.4, 0.5) is 0 Å². The van der Waals surface area contributed by atoms with E-state index in [4.69, 9.17) is 13.9 Å². The molecule has 2 amide bonds. The molecule has 0 spiro atoms. The number of hydrogen-bond acceptors (Lipinski definition) is 6. The lowest BCUT2D eigenvalue weighted by Crippen LogP contribution is -2.53. The van der Waals surface area contributed by atoms with Crippen molar-refractivity contribution in [2.45, 2.75) is 51.5 Å². The van der Waals surface area contributed by atoms with Gasteiger partial charge < -0.3 is 23.7 Å². The smallest absolute Gasteiger partial charge is 0.246 e. The van der Waals surface area contributed by atoms with Crippen molar-refractivity contribution in [3.8, 4) is 0 Å². The van der Waals surface area contributed by atoms with E-state index in [1.54, 1.807) is 16.7 Å². The van der Waals surface area contributed by atoms with Gasteiger partial charge in [-0.2, -0.15) is 0 Å². The molecule has 2 saturated heterocycles. The molecule has 2 fully saturated rings. The van der Waals surface area contributed by atoms with Crippen LogP contribution in [0, 0.1) is 0 Å².